The standard InChI is InChI=1S/C11H20N2S/c1-5-12-9(4)10-7-13-11(14-10)6-8(2)3/h7-9,12H,5-6H2,1-4H3. The Kier molecular flexibility index (Phi) is 4.55. The average Bonchev–Trinajstić information content (AvgIpc) is 2.52. The summed E-state index contributed by atoms with van der Waals surface area (Å²) in [5.74, 6) is 0.698. The van der Waals surface area contributed by atoms with Crippen molar-refractivity contribution in [3.8, 4) is 0 Å². The van der Waals surface area contributed by atoms with Gasteiger partial charge >= 0.3 is 0 Å². The first kappa shape index (κ1) is 11.7. The Morgan fingerprint density at radius 1 is 1.43 bits per heavy atom. The molecule has 1 aromatic rings. The fourth-order valence-electron chi connectivity index (χ4n) is 1.37. The van der Waals surface area contributed by atoms with Gasteiger partial charge in [0.25, 0.3) is 0 Å². The predicted molar refractivity (Wildman–Crippen MR) is 62.7 cm³/mol. The highest BCUT2D eigenvalue weighted by atomic mass is 32.1. The Labute approximate surface area is 90.8 Å². The van der Waals surface area contributed by atoms with Crippen LogP contribution in [0.2, 0.25) is 0 Å². The minimum atomic E-state index is 0.443. The maximum absolute atomic E-state index is 4.44. The molecule has 3 heteroatoms. The van der Waals surface area contributed by atoms with E-state index in [2.05, 4.69) is 38.0 Å². The summed E-state index contributed by atoms with van der Waals surface area (Å²) < 4.78 is 0. The zero-order valence-corrected chi connectivity index (χ0v) is 10.3. The Bertz CT molecular complexity index is 268. The van der Waals surface area contributed by atoms with E-state index >= 15 is 0 Å². The smallest absolute Gasteiger partial charge is 0.0930 e. The summed E-state index contributed by atoms with van der Waals surface area (Å²) in [6, 6.07) is 0.443. The van der Waals surface area contributed by atoms with Crippen molar-refractivity contribution in [2.45, 2.75) is 40.2 Å². The lowest BCUT2D eigenvalue weighted by Gasteiger charge is -2.08. The van der Waals surface area contributed by atoms with Crippen molar-refractivity contribution >= 4 is 11.3 Å². The van der Waals surface area contributed by atoms with Crippen molar-refractivity contribution in [1.29, 1.82) is 0 Å². The molecule has 1 rings (SSSR count). The van der Waals surface area contributed by atoms with Crippen LogP contribution in [0.5, 0.6) is 0 Å². The second kappa shape index (κ2) is 5.47. The van der Waals surface area contributed by atoms with Crippen molar-refractivity contribution in [3.05, 3.63) is 16.1 Å². The van der Waals surface area contributed by atoms with Crippen LogP contribution in [-0.2, 0) is 6.42 Å². The summed E-state index contributed by atoms with van der Waals surface area (Å²) in [6.45, 7) is 9.80. The van der Waals surface area contributed by atoms with Crippen LogP contribution in [0.1, 0.15) is 43.6 Å². The van der Waals surface area contributed by atoms with Gasteiger partial charge in [0.05, 0.1) is 5.01 Å². The van der Waals surface area contributed by atoms with Crippen LogP contribution in [0.3, 0.4) is 0 Å². The van der Waals surface area contributed by atoms with E-state index in [1.54, 1.807) is 0 Å². The number of nitrogens with one attached hydrogen (secondary N) is 1. The van der Waals surface area contributed by atoms with Gasteiger partial charge in [-0.15, -0.1) is 11.3 Å². The minimum absolute atomic E-state index is 0.443. The number of aromatic nitrogens is 1. The summed E-state index contributed by atoms with van der Waals surface area (Å²) >= 11 is 1.84. The second-order valence-corrected chi connectivity index (χ2v) is 5.18. The number of nitrogens with zero attached hydrogens (tertiary/aromatic N) is 1. The van der Waals surface area contributed by atoms with Crippen molar-refractivity contribution in [2.24, 2.45) is 5.92 Å². The van der Waals surface area contributed by atoms with Gasteiger partial charge in [0.15, 0.2) is 0 Å². The van der Waals surface area contributed by atoms with E-state index in [0.717, 1.165) is 13.0 Å². The van der Waals surface area contributed by atoms with Crippen LogP contribution in [-0.4, -0.2) is 11.5 Å². The van der Waals surface area contributed by atoms with E-state index in [0.29, 0.717) is 12.0 Å². The zero-order valence-electron chi connectivity index (χ0n) is 9.50. The van der Waals surface area contributed by atoms with Gasteiger partial charge in [-0.05, 0) is 19.4 Å². The monoisotopic (exact) mass is 212 g/mol. The first-order valence-corrected chi connectivity index (χ1v) is 6.13. The number of hydrogen-bond donors (Lipinski definition) is 1. The zero-order chi connectivity index (χ0) is 10.6. The molecule has 0 bridgehead atoms. The second-order valence-electron chi connectivity index (χ2n) is 4.03. The minimum Gasteiger partial charge on any atom is -0.310 e. The molecule has 0 aliphatic heterocycles. The average molecular weight is 212 g/mol. The fourth-order valence-corrected chi connectivity index (χ4v) is 2.53. The van der Waals surface area contributed by atoms with Gasteiger partial charge in [0.1, 0.15) is 0 Å². The van der Waals surface area contributed by atoms with E-state index in [-0.39, 0.29) is 0 Å². The lowest BCUT2D eigenvalue weighted by Crippen LogP contribution is -2.16. The molecular weight excluding hydrogens is 192 g/mol. The summed E-state index contributed by atoms with van der Waals surface area (Å²) in [7, 11) is 0. The number of rotatable bonds is 5. The summed E-state index contributed by atoms with van der Waals surface area (Å²) in [5, 5.41) is 4.66. The highest BCUT2D eigenvalue weighted by Gasteiger charge is 2.09. The van der Waals surface area contributed by atoms with E-state index < -0.39 is 0 Å². The van der Waals surface area contributed by atoms with Gasteiger partial charge < -0.3 is 5.32 Å². The van der Waals surface area contributed by atoms with E-state index in [4.69, 9.17) is 0 Å². The highest BCUT2D eigenvalue weighted by Crippen LogP contribution is 2.22. The summed E-state index contributed by atoms with van der Waals surface area (Å²) in [5.41, 5.74) is 0. The topological polar surface area (TPSA) is 24.9 Å². The Morgan fingerprint density at radius 3 is 2.71 bits per heavy atom. The van der Waals surface area contributed by atoms with Crippen LogP contribution in [0, 0.1) is 5.92 Å². The highest BCUT2D eigenvalue weighted by molar-refractivity contribution is 7.11. The molecule has 0 aliphatic rings. The van der Waals surface area contributed by atoms with E-state index in [1.165, 1.54) is 9.88 Å². The van der Waals surface area contributed by atoms with Crippen LogP contribution in [0.25, 0.3) is 0 Å². The first-order chi connectivity index (χ1) is 6.63. The molecule has 1 atom stereocenters. The molecule has 1 unspecified atom stereocenters. The quantitative estimate of drug-likeness (QED) is 0.811. The normalized spacial score (nSPS) is 13.5. The molecule has 1 aromatic heterocycles. The molecular formula is C11H20N2S. The molecule has 0 aliphatic carbocycles. The largest absolute Gasteiger partial charge is 0.310 e. The fraction of sp³-hybridized carbons (Fsp3) is 0.727. The van der Waals surface area contributed by atoms with Crippen molar-refractivity contribution in [1.82, 2.24) is 10.3 Å². The van der Waals surface area contributed by atoms with Crippen LogP contribution < -0.4 is 5.32 Å². The van der Waals surface area contributed by atoms with Crippen molar-refractivity contribution < 1.29 is 0 Å². The van der Waals surface area contributed by atoms with Crippen LogP contribution in [0.15, 0.2) is 6.20 Å². The van der Waals surface area contributed by atoms with Crippen LogP contribution in [0.4, 0.5) is 0 Å². The van der Waals surface area contributed by atoms with E-state index in [1.807, 2.05) is 17.5 Å². The van der Waals surface area contributed by atoms with Gasteiger partial charge in [-0.3, -0.25) is 0 Å². The molecule has 0 fully saturated rings. The molecule has 0 spiro atoms. The van der Waals surface area contributed by atoms with Gasteiger partial charge in [-0.25, -0.2) is 4.98 Å². The third-order valence-corrected chi connectivity index (χ3v) is 3.29. The summed E-state index contributed by atoms with van der Waals surface area (Å²) in [6.07, 6.45) is 3.11. The molecule has 0 amide bonds. The van der Waals surface area contributed by atoms with E-state index in [9.17, 15) is 0 Å². The van der Waals surface area contributed by atoms with Crippen LogP contribution >= 0.6 is 11.3 Å². The lowest BCUT2D eigenvalue weighted by molar-refractivity contribution is 0.606. The molecule has 1 N–H and O–H groups in total. The first-order valence-electron chi connectivity index (χ1n) is 5.31. The Balaban J connectivity index is 2.58. The molecule has 0 radical (unpaired) electrons. The molecule has 2 nitrogen and oxygen atoms in total. The predicted octanol–water partition coefficient (Wildman–Crippen LogP) is 3.01. The van der Waals surface area contributed by atoms with Crippen molar-refractivity contribution in [2.75, 3.05) is 6.54 Å². The molecule has 0 saturated carbocycles. The maximum atomic E-state index is 4.44. The number of thiazole rings is 1. The summed E-state index contributed by atoms with van der Waals surface area (Å²) in [4.78, 5) is 5.79. The third-order valence-electron chi connectivity index (χ3n) is 2.09. The lowest BCUT2D eigenvalue weighted by atomic mass is 10.1. The van der Waals surface area contributed by atoms with Gasteiger partial charge in [0.2, 0.25) is 0 Å². The Morgan fingerprint density at radius 2 is 2.14 bits per heavy atom. The molecule has 1 heterocycles. The third kappa shape index (κ3) is 3.39. The van der Waals surface area contributed by atoms with Gasteiger partial charge in [-0.2, -0.15) is 0 Å². The SMILES string of the molecule is CCNC(C)c1cnc(CC(C)C)s1. The maximum Gasteiger partial charge on any atom is 0.0930 e. The van der Waals surface area contributed by atoms with Gasteiger partial charge in [0, 0.05) is 23.5 Å². The Hall–Kier alpha value is -0.410. The van der Waals surface area contributed by atoms with Gasteiger partial charge in [-0.1, -0.05) is 20.8 Å². The molecule has 80 valence electrons. The van der Waals surface area contributed by atoms with Crippen molar-refractivity contribution in [3.63, 3.8) is 0 Å². The number of hydrogen-bond acceptors (Lipinski definition) is 3. The molecule has 14 heavy (non-hydrogen) atoms. The molecule has 0 saturated heterocycles. The molecule has 0 aromatic carbocycles.